The predicted molar refractivity (Wildman–Crippen MR) is 82.9 cm³/mol. The maximum atomic E-state index is 12.0. The van der Waals surface area contributed by atoms with Gasteiger partial charge >= 0.3 is 0 Å². The first-order chi connectivity index (χ1) is 9.99. The summed E-state index contributed by atoms with van der Waals surface area (Å²) in [7, 11) is 1.52. The highest BCUT2D eigenvalue weighted by Crippen LogP contribution is 2.36. The largest absolute Gasteiger partial charge is 0.493 e. The fraction of sp³-hybridized carbons (Fsp3) is 0.429. The molecule has 7 heteroatoms. The Labute approximate surface area is 132 Å². The summed E-state index contributed by atoms with van der Waals surface area (Å²) < 4.78 is 11.4. The van der Waals surface area contributed by atoms with Crippen molar-refractivity contribution < 1.29 is 19.1 Å². The number of carbonyl (C=O) groups excluding carboxylic acids is 2. The van der Waals surface area contributed by atoms with Crippen molar-refractivity contribution in [2.24, 2.45) is 0 Å². The summed E-state index contributed by atoms with van der Waals surface area (Å²) in [5.41, 5.74) is 0.449. The minimum atomic E-state index is -0.248. The third-order valence-corrected chi connectivity index (χ3v) is 3.15. The van der Waals surface area contributed by atoms with Gasteiger partial charge in [-0.3, -0.25) is 9.59 Å². The minimum Gasteiger partial charge on any atom is -0.493 e. The van der Waals surface area contributed by atoms with Gasteiger partial charge in [0.15, 0.2) is 11.5 Å². The van der Waals surface area contributed by atoms with Gasteiger partial charge in [0.05, 0.1) is 18.2 Å². The lowest BCUT2D eigenvalue weighted by Crippen LogP contribution is -2.33. The monoisotopic (exact) mass is 358 g/mol. The molecule has 0 spiro atoms. The third-order valence-electron chi connectivity index (χ3n) is 2.56. The molecule has 0 saturated carbocycles. The maximum absolute atomic E-state index is 12.0. The van der Waals surface area contributed by atoms with Crippen LogP contribution in [0.3, 0.4) is 0 Å². The number of amides is 2. The molecule has 0 saturated heterocycles. The smallest absolute Gasteiger partial charge is 0.251 e. The van der Waals surface area contributed by atoms with E-state index in [4.69, 9.17) is 9.47 Å². The molecule has 0 unspecified atom stereocenters. The number of nitrogens with one attached hydrogen (secondary N) is 2. The van der Waals surface area contributed by atoms with Crippen molar-refractivity contribution in [1.29, 1.82) is 0 Å². The first-order valence-electron chi connectivity index (χ1n) is 6.52. The average molecular weight is 359 g/mol. The Morgan fingerprint density at radius 3 is 2.48 bits per heavy atom. The van der Waals surface area contributed by atoms with Crippen molar-refractivity contribution in [3.63, 3.8) is 0 Å². The van der Waals surface area contributed by atoms with Crippen molar-refractivity contribution in [3.8, 4) is 11.5 Å². The Bertz CT molecular complexity index is 520. The molecule has 0 heterocycles. The summed E-state index contributed by atoms with van der Waals surface area (Å²) in [6, 6.07) is 3.28. The number of methoxy groups -OCH3 is 1. The lowest BCUT2D eigenvalue weighted by molar-refractivity contribution is -0.118. The summed E-state index contributed by atoms with van der Waals surface area (Å²) in [6.45, 7) is 4.53. The van der Waals surface area contributed by atoms with E-state index in [0.717, 1.165) is 0 Å². The molecule has 1 rings (SSSR count). The minimum absolute atomic E-state index is 0.130. The number of ether oxygens (including phenoxy) is 2. The van der Waals surface area contributed by atoms with E-state index in [-0.39, 0.29) is 11.8 Å². The van der Waals surface area contributed by atoms with E-state index in [1.165, 1.54) is 14.0 Å². The summed E-state index contributed by atoms with van der Waals surface area (Å²) >= 11 is 3.37. The Morgan fingerprint density at radius 2 is 1.90 bits per heavy atom. The molecule has 6 nitrogen and oxygen atoms in total. The van der Waals surface area contributed by atoms with E-state index in [0.29, 0.717) is 41.2 Å². The number of hydrogen-bond acceptors (Lipinski definition) is 4. The van der Waals surface area contributed by atoms with Crippen LogP contribution in [0.1, 0.15) is 24.2 Å². The van der Waals surface area contributed by atoms with Gasteiger partial charge in [0, 0.05) is 25.6 Å². The standard InChI is InChI=1S/C14H19BrN2O4/c1-4-21-13-11(15)7-10(8-12(13)20-3)14(19)17-6-5-16-9(2)18/h7-8H,4-6H2,1-3H3,(H,16,18)(H,17,19). The van der Waals surface area contributed by atoms with Crippen LogP contribution in [-0.2, 0) is 4.79 Å². The lowest BCUT2D eigenvalue weighted by Gasteiger charge is -2.13. The molecule has 0 bridgehead atoms. The highest BCUT2D eigenvalue weighted by atomic mass is 79.9. The highest BCUT2D eigenvalue weighted by molar-refractivity contribution is 9.10. The van der Waals surface area contributed by atoms with E-state index in [1.807, 2.05) is 6.92 Å². The normalized spacial score (nSPS) is 9.90. The Morgan fingerprint density at radius 1 is 1.24 bits per heavy atom. The van der Waals surface area contributed by atoms with Gasteiger partial charge in [0.2, 0.25) is 5.91 Å². The molecule has 0 aromatic heterocycles. The molecule has 116 valence electrons. The molecule has 0 atom stereocenters. The molecule has 0 radical (unpaired) electrons. The molecular weight excluding hydrogens is 340 g/mol. The van der Waals surface area contributed by atoms with Gasteiger partial charge < -0.3 is 20.1 Å². The second-order valence-corrected chi connectivity index (χ2v) is 5.02. The van der Waals surface area contributed by atoms with Crippen LogP contribution in [-0.4, -0.2) is 38.6 Å². The highest BCUT2D eigenvalue weighted by Gasteiger charge is 2.15. The van der Waals surface area contributed by atoms with Crippen LogP contribution in [0, 0.1) is 0 Å². The molecule has 0 fully saturated rings. The van der Waals surface area contributed by atoms with Crippen molar-refractivity contribution in [2.75, 3.05) is 26.8 Å². The molecule has 2 N–H and O–H groups in total. The van der Waals surface area contributed by atoms with Crippen LogP contribution in [0.4, 0.5) is 0 Å². The molecular formula is C14H19BrN2O4. The fourth-order valence-electron chi connectivity index (χ4n) is 1.65. The van der Waals surface area contributed by atoms with E-state index >= 15 is 0 Å². The third kappa shape index (κ3) is 5.26. The molecule has 1 aromatic rings. The van der Waals surface area contributed by atoms with Gasteiger partial charge in [-0.25, -0.2) is 0 Å². The van der Waals surface area contributed by atoms with Crippen LogP contribution >= 0.6 is 15.9 Å². The quantitative estimate of drug-likeness (QED) is 0.727. The molecule has 0 aliphatic rings. The predicted octanol–water partition coefficient (Wildman–Crippen LogP) is 1.72. The van der Waals surface area contributed by atoms with Crippen LogP contribution in [0.15, 0.2) is 16.6 Å². The summed E-state index contributed by atoms with van der Waals surface area (Å²) in [5.74, 6) is 0.671. The van der Waals surface area contributed by atoms with Gasteiger partial charge in [-0.15, -0.1) is 0 Å². The number of rotatable bonds is 7. The zero-order chi connectivity index (χ0) is 15.8. The van der Waals surface area contributed by atoms with Gasteiger partial charge in [0.1, 0.15) is 0 Å². The SMILES string of the molecule is CCOc1c(Br)cc(C(=O)NCCNC(C)=O)cc1OC. The molecule has 0 aliphatic carbocycles. The van der Waals surface area contributed by atoms with Crippen LogP contribution in [0.5, 0.6) is 11.5 Å². The average Bonchev–Trinajstić information content (AvgIpc) is 2.45. The first-order valence-corrected chi connectivity index (χ1v) is 7.31. The van der Waals surface area contributed by atoms with Crippen molar-refractivity contribution >= 4 is 27.7 Å². The van der Waals surface area contributed by atoms with E-state index in [1.54, 1.807) is 12.1 Å². The summed E-state index contributed by atoms with van der Waals surface area (Å²) in [4.78, 5) is 22.8. The van der Waals surface area contributed by atoms with E-state index < -0.39 is 0 Å². The maximum Gasteiger partial charge on any atom is 0.251 e. The van der Waals surface area contributed by atoms with Crippen LogP contribution in [0.2, 0.25) is 0 Å². The van der Waals surface area contributed by atoms with Crippen molar-refractivity contribution in [3.05, 3.63) is 22.2 Å². The second kappa shape index (κ2) is 8.51. The Kier molecular flexibility index (Phi) is 7.01. The van der Waals surface area contributed by atoms with Gasteiger partial charge in [-0.1, -0.05) is 0 Å². The molecule has 1 aromatic carbocycles. The molecule has 21 heavy (non-hydrogen) atoms. The molecule has 2 amide bonds. The number of hydrogen-bond donors (Lipinski definition) is 2. The van der Waals surface area contributed by atoms with Gasteiger partial charge in [-0.2, -0.15) is 0 Å². The van der Waals surface area contributed by atoms with Gasteiger partial charge in [0.25, 0.3) is 5.91 Å². The van der Waals surface area contributed by atoms with Crippen LogP contribution < -0.4 is 20.1 Å². The molecule has 0 aliphatic heterocycles. The van der Waals surface area contributed by atoms with Gasteiger partial charge in [-0.05, 0) is 35.0 Å². The van der Waals surface area contributed by atoms with E-state index in [9.17, 15) is 9.59 Å². The van der Waals surface area contributed by atoms with Crippen LogP contribution in [0.25, 0.3) is 0 Å². The van der Waals surface area contributed by atoms with Crippen molar-refractivity contribution in [2.45, 2.75) is 13.8 Å². The Hall–Kier alpha value is -1.76. The Balaban J connectivity index is 2.76. The van der Waals surface area contributed by atoms with Crippen molar-refractivity contribution in [1.82, 2.24) is 10.6 Å². The second-order valence-electron chi connectivity index (χ2n) is 4.16. The zero-order valence-electron chi connectivity index (χ0n) is 12.3. The van der Waals surface area contributed by atoms with E-state index in [2.05, 4.69) is 26.6 Å². The first kappa shape index (κ1) is 17.3. The lowest BCUT2D eigenvalue weighted by atomic mass is 10.2. The summed E-state index contributed by atoms with van der Waals surface area (Å²) in [6.07, 6.45) is 0. The number of halogens is 1. The zero-order valence-corrected chi connectivity index (χ0v) is 13.9. The summed E-state index contributed by atoms with van der Waals surface area (Å²) in [5, 5.41) is 5.32. The number of benzene rings is 1. The topological polar surface area (TPSA) is 76.7 Å². The fourth-order valence-corrected chi connectivity index (χ4v) is 2.21. The number of carbonyl (C=O) groups is 2.